The van der Waals surface area contributed by atoms with Gasteiger partial charge >= 0.3 is 0 Å². The number of aliphatic hydroxyl groups excluding tert-OH is 1. The number of hydrogen-bond acceptors (Lipinski definition) is 2. The van der Waals surface area contributed by atoms with Crippen LogP contribution in [-0.4, -0.2) is 10.4 Å². The quantitative estimate of drug-likeness (QED) is 0.766. The summed E-state index contributed by atoms with van der Waals surface area (Å²) in [7, 11) is 0. The molecule has 0 fully saturated rings. The Morgan fingerprint density at radius 3 is 2.50 bits per heavy atom. The maximum Gasteiger partial charge on any atom is 0.0772 e. The first-order valence-corrected chi connectivity index (χ1v) is 5.96. The van der Waals surface area contributed by atoms with Gasteiger partial charge in [0.15, 0.2) is 0 Å². The first-order valence-electron chi connectivity index (χ1n) is 5.08. The minimum atomic E-state index is -0.372. The third-order valence-electron chi connectivity index (χ3n) is 2.27. The molecule has 0 aromatic heterocycles. The van der Waals surface area contributed by atoms with E-state index in [1.165, 1.54) is 4.90 Å². The molecule has 1 nitrogen and oxygen atoms in total. The number of rotatable bonds is 4. The maximum absolute atomic E-state index is 9.58. The molecular weight excluding hydrogens is 192 g/mol. The van der Waals surface area contributed by atoms with E-state index in [1.807, 2.05) is 36.9 Å². The predicted octanol–water partition coefficient (Wildman–Crippen LogP) is 3.63. The van der Waals surface area contributed by atoms with E-state index in [9.17, 15) is 5.11 Å². The van der Waals surface area contributed by atoms with Crippen molar-refractivity contribution in [1.29, 1.82) is 0 Å². The summed E-state index contributed by atoms with van der Waals surface area (Å²) < 4.78 is 0. The van der Waals surface area contributed by atoms with Gasteiger partial charge in [0.05, 0.1) is 6.10 Å². The average molecular weight is 210 g/mol. The van der Waals surface area contributed by atoms with Gasteiger partial charge in [0.2, 0.25) is 0 Å². The lowest BCUT2D eigenvalue weighted by atomic mass is 10.1. The van der Waals surface area contributed by atoms with E-state index in [0.717, 1.165) is 12.0 Å². The zero-order valence-electron chi connectivity index (χ0n) is 9.03. The SMILES string of the molecule is CCC(C)Sc1ccccc1C(C)O. The van der Waals surface area contributed by atoms with Crippen LogP contribution in [0.3, 0.4) is 0 Å². The molecule has 1 aromatic rings. The van der Waals surface area contributed by atoms with Gasteiger partial charge in [0.1, 0.15) is 0 Å². The van der Waals surface area contributed by atoms with Gasteiger partial charge in [0, 0.05) is 10.1 Å². The number of aliphatic hydroxyl groups is 1. The number of thioether (sulfide) groups is 1. The summed E-state index contributed by atoms with van der Waals surface area (Å²) in [6.07, 6.45) is 0.779. The highest BCUT2D eigenvalue weighted by atomic mass is 32.2. The summed E-state index contributed by atoms with van der Waals surface area (Å²) >= 11 is 1.84. The molecule has 0 saturated heterocycles. The topological polar surface area (TPSA) is 20.2 Å². The average Bonchev–Trinajstić information content (AvgIpc) is 2.18. The largest absolute Gasteiger partial charge is 0.389 e. The maximum atomic E-state index is 9.58. The third-order valence-corrected chi connectivity index (χ3v) is 3.63. The lowest BCUT2D eigenvalue weighted by Crippen LogP contribution is -1.97. The van der Waals surface area contributed by atoms with E-state index in [1.54, 1.807) is 0 Å². The van der Waals surface area contributed by atoms with Gasteiger partial charge in [0.25, 0.3) is 0 Å². The molecule has 0 aliphatic rings. The molecular formula is C12H18OS. The summed E-state index contributed by atoms with van der Waals surface area (Å²) in [6, 6.07) is 8.08. The fraction of sp³-hybridized carbons (Fsp3) is 0.500. The summed E-state index contributed by atoms with van der Waals surface area (Å²) in [6.45, 7) is 6.21. The second-order valence-electron chi connectivity index (χ2n) is 3.55. The predicted molar refractivity (Wildman–Crippen MR) is 62.7 cm³/mol. The Morgan fingerprint density at radius 1 is 1.29 bits per heavy atom. The molecule has 0 aliphatic carbocycles. The van der Waals surface area contributed by atoms with Gasteiger partial charge in [-0.25, -0.2) is 0 Å². The van der Waals surface area contributed by atoms with Crippen molar-refractivity contribution < 1.29 is 5.11 Å². The van der Waals surface area contributed by atoms with Gasteiger partial charge < -0.3 is 5.11 Å². The van der Waals surface area contributed by atoms with Gasteiger partial charge in [-0.15, -0.1) is 11.8 Å². The van der Waals surface area contributed by atoms with Crippen LogP contribution in [-0.2, 0) is 0 Å². The third kappa shape index (κ3) is 3.03. The van der Waals surface area contributed by atoms with E-state index in [-0.39, 0.29) is 6.10 Å². The molecule has 1 aromatic carbocycles. The van der Waals surface area contributed by atoms with Crippen molar-refractivity contribution in [3.8, 4) is 0 Å². The summed E-state index contributed by atoms with van der Waals surface area (Å²) in [5, 5.41) is 10.2. The Kier molecular flexibility index (Phi) is 4.49. The van der Waals surface area contributed by atoms with Crippen LogP contribution in [0.15, 0.2) is 29.2 Å². The second kappa shape index (κ2) is 5.42. The Labute approximate surface area is 90.5 Å². The van der Waals surface area contributed by atoms with Crippen LogP contribution < -0.4 is 0 Å². The summed E-state index contributed by atoms with van der Waals surface area (Å²) in [5.41, 5.74) is 1.04. The highest BCUT2D eigenvalue weighted by Gasteiger charge is 2.09. The van der Waals surface area contributed by atoms with Crippen molar-refractivity contribution in [1.82, 2.24) is 0 Å². The Hall–Kier alpha value is -0.470. The minimum Gasteiger partial charge on any atom is -0.389 e. The van der Waals surface area contributed by atoms with E-state index >= 15 is 0 Å². The van der Waals surface area contributed by atoms with Crippen LogP contribution >= 0.6 is 11.8 Å². The molecule has 1 N–H and O–H groups in total. The van der Waals surface area contributed by atoms with Crippen LogP contribution in [0.4, 0.5) is 0 Å². The van der Waals surface area contributed by atoms with Gasteiger partial charge in [-0.2, -0.15) is 0 Å². The standard InChI is InChI=1S/C12H18OS/c1-4-9(2)14-12-8-6-5-7-11(12)10(3)13/h5-10,13H,4H2,1-3H3. The lowest BCUT2D eigenvalue weighted by molar-refractivity contribution is 0.196. The Bertz CT molecular complexity index is 283. The molecule has 2 unspecified atom stereocenters. The molecule has 1 rings (SSSR count). The molecule has 0 bridgehead atoms. The fourth-order valence-electron chi connectivity index (χ4n) is 1.23. The van der Waals surface area contributed by atoms with Crippen LogP contribution in [0.1, 0.15) is 38.9 Å². The van der Waals surface area contributed by atoms with Crippen LogP contribution in [0, 0.1) is 0 Å². The van der Waals surface area contributed by atoms with E-state index in [2.05, 4.69) is 19.9 Å². The monoisotopic (exact) mass is 210 g/mol. The molecule has 14 heavy (non-hydrogen) atoms. The number of benzene rings is 1. The summed E-state index contributed by atoms with van der Waals surface area (Å²) in [4.78, 5) is 1.21. The number of hydrogen-bond donors (Lipinski definition) is 1. The molecule has 0 radical (unpaired) electrons. The minimum absolute atomic E-state index is 0.372. The second-order valence-corrected chi connectivity index (χ2v) is 5.03. The first kappa shape index (κ1) is 11.6. The molecule has 0 aliphatic heterocycles. The van der Waals surface area contributed by atoms with Crippen molar-refractivity contribution in [2.45, 2.75) is 43.4 Å². The zero-order valence-corrected chi connectivity index (χ0v) is 9.84. The van der Waals surface area contributed by atoms with E-state index in [4.69, 9.17) is 0 Å². The van der Waals surface area contributed by atoms with E-state index in [0.29, 0.717) is 5.25 Å². The van der Waals surface area contributed by atoms with Crippen LogP contribution in [0.25, 0.3) is 0 Å². The molecule has 0 saturated carbocycles. The Morgan fingerprint density at radius 2 is 1.93 bits per heavy atom. The van der Waals surface area contributed by atoms with Crippen molar-refractivity contribution in [2.75, 3.05) is 0 Å². The fourth-order valence-corrected chi connectivity index (χ4v) is 2.37. The van der Waals surface area contributed by atoms with Crippen molar-refractivity contribution >= 4 is 11.8 Å². The molecule has 0 amide bonds. The highest BCUT2D eigenvalue weighted by molar-refractivity contribution is 8.00. The molecule has 78 valence electrons. The Balaban J connectivity index is 2.84. The van der Waals surface area contributed by atoms with Crippen LogP contribution in [0.5, 0.6) is 0 Å². The van der Waals surface area contributed by atoms with E-state index < -0.39 is 0 Å². The van der Waals surface area contributed by atoms with Crippen molar-refractivity contribution in [3.63, 3.8) is 0 Å². The van der Waals surface area contributed by atoms with Gasteiger partial charge in [-0.3, -0.25) is 0 Å². The molecule has 0 heterocycles. The summed E-state index contributed by atoms with van der Waals surface area (Å²) in [5.74, 6) is 0. The van der Waals surface area contributed by atoms with Crippen molar-refractivity contribution in [3.05, 3.63) is 29.8 Å². The van der Waals surface area contributed by atoms with Gasteiger partial charge in [-0.05, 0) is 25.0 Å². The molecule has 2 atom stereocenters. The van der Waals surface area contributed by atoms with Crippen molar-refractivity contribution in [2.24, 2.45) is 0 Å². The van der Waals surface area contributed by atoms with Gasteiger partial charge in [-0.1, -0.05) is 32.0 Å². The molecule has 2 heteroatoms. The highest BCUT2D eigenvalue weighted by Crippen LogP contribution is 2.31. The molecule has 0 spiro atoms. The lowest BCUT2D eigenvalue weighted by Gasteiger charge is -2.14. The first-order chi connectivity index (χ1) is 6.65. The van der Waals surface area contributed by atoms with Crippen LogP contribution in [0.2, 0.25) is 0 Å². The normalized spacial score (nSPS) is 15.1. The smallest absolute Gasteiger partial charge is 0.0772 e. The zero-order chi connectivity index (χ0) is 10.6.